The van der Waals surface area contributed by atoms with Gasteiger partial charge in [0, 0.05) is 6.54 Å². The van der Waals surface area contributed by atoms with Crippen LogP contribution >= 0.6 is 23.7 Å². The third-order valence-electron chi connectivity index (χ3n) is 3.56. The molecule has 0 radical (unpaired) electrons. The summed E-state index contributed by atoms with van der Waals surface area (Å²) in [6.45, 7) is 2.40. The second-order valence-electron chi connectivity index (χ2n) is 5.21. The molecule has 8 heteroatoms. The Morgan fingerprint density at radius 1 is 1.43 bits per heavy atom. The molecule has 0 saturated carbocycles. The van der Waals surface area contributed by atoms with Gasteiger partial charge in [-0.2, -0.15) is 5.48 Å². The van der Waals surface area contributed by atoms with Crippen molar-refractivity contribution < 1.29 is 14.7 Å². The Balaban J connectivity index is 0.00000192. The van der Waals surface area contributed by atoms with E-state index in [0.29, 0.717) is 18.7 Å². The van der Waals surface area contributed by atoms with Crippen LogP contribution in [0.5, 0.6) is 5.75 Å². The summed E-state index contributed by atoms with van der Waals surface area (Å²) in [7, 11) is 0. The Bertz CT molecular complexity index is 662. The number of hydrogen-bond acceptors (Lipinski definition) is 6. The molecule has 2 atom stereocenters. The minimum Gasteiger partial charge on any atom is -0.392 e. The molecule has 1 aliphatic heterocycles. The highest BCUT2D eigenvalue weighted by Gasteiger charge is 2.28. The molecule has 0 aliphatic carbocycles. The van der Waals surface area contributed by atoms with Gasteiger partial charge in [0.05, 0.1) is 28.2 Å². The molecule has 3 rings (SSSR count). The van der Waals surface area contributed by atoms with E-state index in [1.807, 2.05) is 24.6 Å². The smallest absolute Gasteiger partial charge is 0.269 e. The van der Waals surface area contributed by atoms with Gasteiger partial charge in [-0.15, -0.1) is 23.7 Å². The Kier molecular flexibility index (Phi) is 5.95. The number of aryl methyl sites for hydroxylation is 1. The number of thiazole rings is 1. The summed E-state index contributed by atoms with van der Waals surface area (Å²) in [5, 5.41) is 12.3. The summed E-state index contributed by atoms with van der Waals surface area (Å²) in [5.41, 5.74) is 6.29. The number of aliphatic hydroxyl groups excluding tert-OH is 1. The van der Waals surface area contributed by atoms with Crippen molar-refractivity contribution in [2.45, 2.75) is 25.5 Å². The summed E-state index contributed by atoms with van der Waals surface area (Å²) >= 11 is 1.59. The van der Waals surface area contributed by atoms with Crippen LogP contribution in [0.1, 0.15) is 12.1 Å². The summed E-state index contributed by atoms with van der Waals surface area (Å²) in [4.78, 5) is 22.5. The average molecular weight is 356 g/mol. The molecule has 0 spiro atoms. The SMILES string of the molecule is Cc1ncsc1-c1ccc(ONC(=O)C2CC(O)CN2)cc1.Cl. The fourth-order valence-electron chi connectivity index (χ4n) is 2.35. The second kappa shape index (κ2) is 7.74. The van der Waals surface area contributed by atoms with E-state index in [4.69, 9.17) is 4.84 Å². The fourth-order valence-corrected chi connectivity index (χ4v) is 3.16. The van der Waals surface area contributed by atoms with Gasteiger partial charge in [0.2, 0.25) is 0 Å². The van der Waals surface area contributed by atoms with Gasteiger partial charge < -0.3 is 15.3 Å². The van der Waals surface area contributed by atoms with Gasteiger partial charge in [-0.3, -0.25) is 4.79 Å². The predicted octanol–water partition coefficient (Wildman–Crippen LogP) is 1.67. The number of aliphatic hydroxyl groups is 1. The highest BCUT2D eigenvalue weighted by Crippen LogP contribution is 2.28. The van der Waals surface area contributed by atoms with Gasteiger partial charge in [0.1, 0.15) is 0 Å². The minimum atomic E-state index is -0.474. The molecule has 3 N–H and O–H groups in total. The van der Waals surface area contributed by atoms with Crippen LogP contribution in [0.3, 0.4) is 0 Å². The number of β-amino-alcohol motifs (C(OH)–C–C–N with tert-alkyl or cyclic N) is 1. The molecule has 124 valence electrons. The van der Waals surface area contributed by atoms with E-state index >= 15 is 0 Å². The first-order valence-corrected chi connectivity index (χ1v) is 7.90. The molecule has 6 nitrogen and oxygen atoms in total. The van der Waals surface area contributed by atoms with E-state index in [1.54, 1.807) is 23.5 Å². The molecule has 1 fully saturated rings. The normalized spacial score (nSPS) is 19.9. The van der Waals surface area contributed by atoms with Crippen LogP contribution in [0.4, 0.5) is 0 Å². The first kappa shape index (κ1) is 17.7. The number of aromatic nitrogens is 1. The van der Waals surface area contributed by atoms with Crippen molar-refractivity contribution in [1.29, 1.82) is 0 Å². The Morgan fingerprint density at radius 2 is 2.17 bits per heavy atom. The molecular weight excluding hydrogens is 338 g/mol. The summed E-state index contributed by atoms with van der Waals surface area (Å²) in [6.07, 6.45) is -0.0728. The van der Waals surface area contributed by atoms with Gasteiger partial charge >= 0.3 is 0 Å². The molecule has 23 heavy (non-hydrogen) atoms. The van der Waals surface area contributed by atoms with Crippen molar-refractivity contribution >= 4 is 29.7 Å². The number of hydrogen-bond donors (Lipinski definition) is 3. The molecule has 0 bridgehead atoms. The highest BCUT2D eigenvalue weighted by molar-refractivity contribution is 7.13. The van der Waals surface area contributed by atoms with Crippen LogP contribution in [0, 0.1) is 6.92 Å². The molecular formula is C15H18ClN3O3S. The third-order valence-corrected chi connectivity index (χ3v) is 4.53. The molecule has 1 aliphatic rings. The maximum Gasteiger partial charge on any atom is 0.269 e. The zero-order valence-electron chi connectivity index (χ0n) is 12.5. The van der Waals surface area contributed by atoms with Gasteiger partial charge in [0.15, 0.2) is 5.75 Å². The van der Waals surface area contributed by atoms with Crippen molar-refractivity contribution in [2.24, 2.45) is 0 Å². The number of nitrogens with one attached hydrogen (secondary N) is 2. The number of nitrogens with zero attached hydrogens (tertiary/aromatic N) is 1. The number of rotatable bonds is 4. The van der Waals surface area contributed by atoms with E-state index in [0.717, 1.165) is 16.1 Å². The second-order valence-corrected chi connectivity index (χ2v) is 6.06. The van der Waals surface area contributed by atoms with Crippen molar-refractivity contribution in [1.82, 2.24) is 15.8 Å². The summed E-state index contributed by atoms with van der Waals surface area (Å²) < 4.78 is 0. The zero-order valence-corrected chi connectivity index (χ0v) is 14.1. The van der Waals surface area contributed by atoms with Crippen molar-refractivity contribution in [3.63, 3.8) is 0 Å². The number of benzene rings is 1. The third kappa shape index (κ3) is 4.20. The first-order valence-electron chi connectivity index (χ1n) is 7.02. The molecule has 2 aromatic rings. The average Bonchev–Trinajstić information content (AvgIpc) is 3.14. The lowest BCUT2D eigenvalue weighted by molar-refractivity contribution is -0.129. The number of hydroxylamine groups is 1. The van der Waals surface area contributed by atoms with E-state index in [1.165, 1.54) is 0 Å². The molecule has 2 unspecified atom stereocenters. The number of amides is 1. The topological polar surface area (TPSA) is 83.5 Å². The monoisotopic (exact) mass is 355 g/mol. The largest absolute Gasteiger partial charge is 0.392 e. The molecule has 2 heterocycles. The molecule has 1 aromatic heterocycles. The lowest BCUT2D eigenvalue weighted by Crippen LogP contribution is -2.41. The quantitative estimate of drug-likeness (QED) is 0.727. The summed E-state index contributed by atoms with van der Waals surface area (Å²) in [5.74, 6) is 0.275. The van der Waals surface area contributed by atoms with Crippen LogP contribution < -0.4 is 15.6 Å². The molecule has 1 amide bonds. The Labute approximate surface area is 144 Å². The van der Waals surface area contributed by atoms with Crippen molar-refractivity contribution in [3.8, 4) is 16.2 Å². The van der Waals surface area contributed by atoms with Crippen LogP contribution in [-0.2, 0) is 4.79 Å². The standard InChI is InChI=1S/C15H17N3O3S.ClH/c1-9-14(22-8-17-9)10-2-4-12(5-3-10)21-18-15(20)13-6-11(19)7-16-13;/h2-5,8,11,13,16,19H,6-7H2,1H3,(H,18,20);1H. The van der Waals surface area contributed by atoms with Gasteiger partial charge in [-0.1, -0.05) is 0 Å². The van der Waals surface area contributed by atoms with Crippen molar-refractivity contribution in [3.05, 3.63) is 35.5 Å². The van der Waals surface area contributed by atoms with Crippen LogP contribution in [0.2, 0.25) is 0 Å². The van der Waals surface area contributed by atoms with Gasteiger partial charge in [0.25, 0.3) is 5.91 Å². The lowest BCUT2D eigenvalue weighted by Gasteiger charge is -2.11. The highest BCUT2D eigenvalue weighted by atomic mass is 35.5. The Hall–Kier alpha value is -1.67. The minimum absolute atomic E-state index is 0. The van der Waals surface area contributed by atoms with Crippen LogP contribution in [0.25, 0.3) is 10.4 Å². The van der Waals surface area contributed by atoms with Crippen LogP contribution in [0.15, 0.2) is 29.8 Å². The predicted molar refractivity (Wildman–Crippen MR) is 90.7 cm³/mol. The van der Waals surface area contributed by atoms with E-state index in [9.17, 15) is 9.90 Å². The zero-order chi connectivity index (χ0) is 15.5. The summed E-state index contributed by atoms with van der Waals surface area (Å²) in [6, 6.07) is 7.05. The van der Waals surface area contributed by atoms with E-state index in [2.05, 4.69) is 15.8 Å². The molecule has 1 saturated heterocycles. The lowest BCUT2D eigenvalue weighted by atomic mass is 10.1. The molecule has 1 aromatic carbocycles. The number of halogens is 1. The van der Waals surface area contributed by atoms with Gasteiger partial charge in [-0.05, 0) is 43.2 Å². The fraction of sp³-hybridized carbons (Fsp3) is 0.333. The van der Waals surface area contributed by atoms with E-state index in [-0.39, 0.29) is 18.3 Å². The van der Waals surface area contributed by atoms with Crippen molar-refractivity contribution in [2.75, 3.05) is 6.54 Å². The van der Waals surface area contributed by atoms with Crippen LogP contribution in [-0.4, -0.2) is 34.7 Å². The Morgan fingerprint density at radius 3 is 2.74 bits per heavy atom. The maximum atomic E-state index is 11.8. The number of carbonyl (C=O) groups excluding carboxylic acids is 1. The van der Waals surface area contributed by atoms with Gasteiger partial charge in [-0.25, -0.2) is 4.98 Å². The first-order chi connectivity index (χ1) is 10.6. The maximum absolute atomic E-state index is 11.8. The van der Waals surface area contributed by atoms with E-state index < -0.39 is 12.1 Å². The number of carbonyl (C=O) groups is 1.